The van der Waals surface area contributed by atoms with Crippen LogP contribution in [0.25, 0.3) is 0 Å². The van der Waals surface area contributed by atoms with Crippen molar-refractivity contribution in [1.82, 2.24) is 0 Å². The normalized spacial score (nSPS) is 13.0. The lowest BCUT2D eigenvalue weighted by atomic mass is 10.1. The van der Waals surface area contributed by atoms with Crippen molar-refractivity contribution in [1.29, 1.82) is 0 Å². The van der Waals surface area contributed by atoms with E-state index in [4.69, 9.17) is 0 Å². The van der Waals surface area contributed by atoms with Crippen molar-refractivity contribution in [2.24, 2.45) is 0 Å². The molecule has 1 aromatic rings. The van der Waals surface area contributed by atoms with Crippen molar-refractivity contribution in [2.45, 2.75) is 12.1 Å². The standard InChI is InChI=1S/C8H3BrF6/c9-6-4(2-1-3-5(6)10)7(11,12)8(13,14)15/h1-3H. The zero-order valence-electron chi connectivity index (χ0n) is 6.88. The SMILES string of the molecule is Fc1cccc(C(F)(F)C(F)(F)F)c1Br. The monoisotopic (exact) mass is 292 g/mol. The molecule has 0 bridgehead atoms. The van der Waals surface area contributed by atoms with Crippen molar-refractivity contribution < 1.29 is 26.3 Å². The Bertz CT molecular complexity index is 370. The molecule has 7 heteroatoms. The lowest BCUT2D eigenvalue weighted by Gasteiger charge is -2.20. The first-order valence-corrected chi connectivity index (χ1v) is 4.36. The molecular formula is C8H3BrF6. The summed E-state index contributed by atoms with van der Waals surface area (Å²) in [6, 6.07) is 2.08. The number of alkyl halides is 5. The number of rotatable bonds is 1. The molecule has 0 unspecified atom stereocenters. The van der Waals surface area contributed by atoms with E-state index in [9.17, 15) is 26.3 Å². The van der Waals surface area contributed by atoms with Crippen molar-refractivity contribution in [2.75, 3.05) is 0 Å². The fraction of sp³-hybridized carbons (Fsp3) is 0.250. The molecule has 0 nitrogen and oxygen atoms in total. The Morgan fingerprint density at radius 1 is 1.00 bits per heavy atom. The molecule has 0 aliphatic carbocycles. The van der Waals surface area contributed by atoms with Crippen LogP contribution < -0.4 is 0 Å². The highest BCUT2D eigenvalue weighted by molar-refractivity contribution is 9.10. The molecule has 1 aromatic carbocycles. The fourth-order valence-electron chi connectivity index (χ4n) is 0.899. The zero-order chi connectivity index (χ0) is 11.9. The smallest absolute Gasteiger partial charge is 0.206 e. The van der Waals surface area contributed by atoms with Crippen molar-refractivity contribution in [3.05, 3.63) is 34.1 Å². The van der Waals surface area contributed by atoms with Gasteiger partial charge in [0.05, 0.1) is 4.47 Å². The van der Waals surface area contributed by atoms with Crippen LogP contribution in [0, 0.1) is 5.82 Å². The quantitative estimate of drug-likeness (QED) is 0.679. The van der Waals surface area contributed by atoms with Gasteiger partial charge < -0.3 is 0 Å². The lowest BCUT2D eigenvalue weighted by molar-refractivity contribution is -0.289. The van der Waals surface area contributed by atoms with Gasteiger partial charge in [-0.3, -0.25) is 0 Å². The molecule has 0 aliphatic rings. The Balaban J connectivity index is 3.34. The van der Waals surface area contributed by atoms with Gasteiger partial charge in [0.1, 0.15) is 5.82 Å². The van der Waals surface area contributed by atoms with Gasteiger partial charge in [-0.05, 0) is 22.0 Å². The van der Waals surface area contributed by atoms with Crippen LogP contribution in [0.3, 0.4) is 0 Å². The second-order valence-corrected chi connectivity index (χ2v) is 3.47. The van der Waals surface area contributed by atoms with Gasteiger partial charge in [-0.1, -0.05) is 12.1 Å². The van der Waals surface area contributed by atoms with E-state index in [-0.39, 0.29) is 0 Å². The van der Waals surface area contributed by atoms with Crippen LogP contribution in [0.5, 0.6) is 0 Å². The van der Waals surface area contributed by atoms with Gasteiger partial charge in [-0.2, -0.15) is 22.0 Å². The first kappa shape index (κ1) is 12.4. The lowest BCUT2D eigenvalue weighted by Crippen LogP contribution is -2.34. The summed E-state index contributed by atoms with van der Waals surface area (Å²) in [5.74, 6) is -6.25. The number of hydrogen-bond acceptors (Lipinski definition) is 0. The van der Waals surface area contributed by atoms with Gasteiger partial charge in [0.25, 0.3) is 0 Å². The van der Waals surface area contributed by atoms with Gasteiger partial charge in [0.15, 0.2) is 0 Å². The topological polar surface area (TPSA) is 0 Å². The molecule has 0 heterocycles. The Morgan fingerprint density at radius 3 is 2.00 bits per heavy atom. The summed E-state index contributed by atoms with van der Waals surface area (Å²) in [5, 5.41) is 0. The third-order valence-corrected chi connectivity index (χ3v) is 2.45. The van der Waals surface area contributed by atoms with E-state index in [1.165, 1.54) is 0 Å². The highest BCUT2D eigenvalue weighted by Gasteiger charge is 2.59. The molecule has 1 rings (SSSR count). The molecular weight excluding hydrogens is 290 g/mol. The van der Waals surface area contributed by atoms with E-state index in [1.807, 2.05) is 0 Å². The molecule has 0 amide bonds. The van der Waals surface area contributed by atoms with Crippen molar-refractivity contribution >= 4 is 15.9 Å². The fourth-order valence-corrected chi connectivity index (χ4v) is 1.41. The second-order valence-electron chi connectivity index (χ2n) is 2.67. The predicted molar refractivity (Wildman–Crippen MR) is 44.0 cm³/mol. The van der Waals surface area contributed by atoms with E-state index in [1.54, 1.807) is 0 Å². The van der Waals surface area contributed by atoms with Crippen LogP contribution in [0.2, 0.25) is 0 Å². The molecule has 15 heavy (non-hydrogen) atoms. The largest absolute Gasteiger partial charge is 0.458 e. The zero-order valence-corrected chi connectivity index (χ0v) is 8.46. The minimum atomic E-state index is -5.75. The maximum absolute atomic E-state index is 12.8. The molecule has 0 N–H and O–H groups in total. The summed E-state index contributed by atoms with van der Waals surface area (Å²) < 4.78 is 73.2. The summed E-state index contributed by atoms with van der Waals surface area (Å²) in [6.07, 6.45) is -5.75. The summed E-state index contributed by atoms with van der Waals surface area (Å²) >= 11 is 2.35. The molecule has 0 fully saturated rings. The molecule has 0 aromatic heterocycles. The Morgan fingerprint density at radius 2 is 1.53 bits per heavy atom. The maximum atomic E-state index is 12.8. The Kier molecular flexibility index (Phi) is 3.04. The van der Waals surface area contributed by atoms with Gasteiger partial charge in [0.2, 0.25) is 0 Å². The molecule has 0 saturated heterocycles. The van der Waals surface area contributed by atoms with E-state index in [0.29, 0.717) is 6.07 Å². The van der Waals surface area contributed by atoms with Crippen LogP contribution in [0.4, 0.5) is 26.3 Å². The highest BCUT2D eigenvalue weighted by atomic mass is 79.9. The molecule has 0 spiro atoms. The van der Waals surface area contributed by atoms with Gasteiger partial charge >= 0.3 is 12.1 Å². The van der Waals surface area contributed by atoms with Crippen LogP contribution in [0.1, 0.15) is 5.56 Å². The average molecular weight is 293 g/mol. The third kappa shape index (κ3) is 2.11. The summed E-state index contributed by atoms with van der Waals surface area (Å²) in [5.41, 5.74) is -1.44. The van der Waals surface area contributed by atoms with E-state index >= 15 is 0 Å². The summed E-state index contributed by atoms with van der Waals surface area (Å²) in [6.45, 7) is 0. The first-order chi connectivity index (χ1) is 6.68. The van der Waals surface area contributed by atoms with Crippen molar-refractivity contribution in [3.63, 3.8) is 0 Å². The molecule has 84 valence electrons. The average Bonchev–Trinajstić information content (AvgIpc) is 2.07. The van der Waals surface area contributed by atoms with Crippen LogP contribution in [0.15, 0.2) is 22.7 Å². The van der Waals surface area contributed by atoms with Crippen LogP contribution in [-0.2, 0) is 5.92 Å². The maximum Gasteiger partial charge on any atom is 0.458 e. The number of benzene rings is 1. The van der Waals surface area contributed by atoms with Crippen LogP contribution >= 0.6 is 15.9 Å². The second kappa shape index (κ2) is 3.70. The Hall–Kier alpha value is -0.720. The predicted octanol–water partition coefficient (Wildman–Crippen LogP) is 4.24. The summed E-state index contributed by atoms with van der Waals surface area (Å²) in [7, 11) is 0. The number of halogens is 7. The minimum Gasteiger partial charge on any atom is -0.206 e. The van der Waals surface area contributed by atoms with E-state index < -0.39 is 28.0 Å². The highest BCUT2D eigenvalue weighted by Crippen LogP contribution is 2.46. The van der Waals surface area contributed by atoms with Gasteiger partial charge in [-0.15, -0.1) is 0 Å². The third-order valence-electron chi connectivity index (χ3n) is 1.65. The summed E-state index contributed by atoms with van der Waals surface area (Å²) in [4.78, 5) is 0. The minimum absolute atomic E-state index is 0.515. The number of hydrogen-bond donors (Lipinski definition) is 0. The molecule has 0 aliphatic heterocycles. The van der Waals surface area contributed by atoms with Gasteiger partial charge in [-0.25, -0.2) is 4.39 Å². The Labute approximate surface area is 89.0 Å². The molecule has 0 atom stereocenters. The first-order valence-electron chi connectivity index (χ1n) is 3.57. The van der Waals surface area contributed by atoms with Crippen molar-refractivity contribution in [3.8, 4) is 0 Å². The van der Waals surface area contributed by atoms with E-state index in [2.05, 4.69) is 15.9 Å². The van der Waals surface area contributed by atoms with Crippen LogP contribution in [-0.4, -0.2) is 6.18 Å². The molecule has 0 saturated carbocycles. The van der Waals surface area contributed by atoms with Gasteiger partial charge in [0, 0.05) is 5.56 Å². The molecule has 0 radical (unpaired) electrons. The van der Waals surface area contributed by atoms with E-state index in [0.717, 1.165) is 12.1 Å².